The van der Waals surface area contributed by atoms with Crippen molar-refractivity contribution < 1.29 is 13.9 Å². The summed E-state index contributed by atoms with van der Waals surface area (Å²) in [6.45, 7) is 6.76. The minimum atomic E-state index is -0.0457. The molecule has 0 bridgehead atoms. The molecular formula is C17H28N2O3. The minimum absolute atomic E-state index is 0.0457. The molecule has 1 aromatic rings. The van der Waals surface area contributed by atoms with E-state index in [1.54, 1.807) is 6.26 Å². The topological polar surface area (TPSA) is 54.7 Å². The van der Waals surface area contributed by atoms with Crippen LogP contribution in [0.5, 0.6) is 0 Å². The number of amides is 1. The first-order valence-corrected chi connectivity index (χ1v) is 8.40. The summed E-state index contributed by atoms with van der Waals surface area (Å²) < 4.78 is 11.2. The lowest BCUT2D eigenvalue weighted by Gasteiger charge is -2.28. The third-order valence-corrected chi connectivity index (χ3v) is 4.37. The van der Waals surface area contributed by atoms with E-state index < -0.39 is 0 Å². The van der Waals surface area contributed by atoms with Gasteiger partial charge < -0.3 is 14.5 Å². The maximum absolute atomic E-state index is 12.0. The SMILES string of the molecule is CCN(CC)[C@H](CNC(=O)COC1CCCC1)c1ccco1. The number of hydrogen-bond acceptors (Lipinski definition) is 4. The summed E-state index contributed by atoms with van der Waals surface area (Å²) in [6, 6.07) is 3.92. The van der Waals surface area contributed by atoms with Gasteiger partial charge in [0.25, 0.3) is 0 Å². The highest BCUT2D eigenvalue weighted by atomic mass is 16.5. The van der Waals surface area contributed by atoms with Crippen LogP contribution in [0.15, 0.2) is 22.8 Å². The number of hydrogen-bond donors (Lipinski definition) is 1. The van der Waals surface area contributed by atoms with Gasteiger partial charge in [-0.2, -0.15) is 0 Å². The first-order chi connectivity index (χ1) is 10.7. The first-order valence-electron chi connectivity index (χ1n) is 8.40. The molecule has 124 valence electrons. The van der Waals surface area contributed by atoms with Crippen LogP contribution in [0.4, 0.5) is 0 Å². The fourth-order valence-electron chi connectivity index (χ4n) is 3.06. The van der Waals surface area contributed by atoms with Crippen molar-refractivity contribution in [3.8, 4) is 0 Å². The van der Waals surface area contributed by atoms with Crippen molar-refractivity contribution in [3.05, 3.63) is 24.2 Å². The number of furan rings is 1. The molecule has 1 saturated carbocycles. The number of nitrogens with zero attached hydrogens (tertiary/aromatic N) is 1. The van der Waals surface area contributed by atoms with Crippen molar-refractivity contribution in [1.82, 2.24) is 10.2 Å². The van der Waals surface area contributed by atoms with Gasteiger partial charge in [0.1, 0.15) is 12.4 Å². The molecule has 22 heavy (non-hydrogen) atoms. The van der Waals surface area contributed by atoms with Gasteiger partial charge in [0.05, 0.1) is 18.4 Å². The molecule has 0 aromatic carbocycles. The van der Waals surface area contributed by atoms with Crippen LogP contribution in [0.3, 0.4) is 0 Å². The lowest BCUT2D eigenvalue weighted by Crippen LogP contribution is -2.39. The van der Waals surface area contributed by atoms with E-state index >= 15 is 0 Å². The number of carbonyl (C=O) groups is 1. The second-order valence-electron chi connectivity index (χ2n) is 5.77. The minimum Gasteiger partial charge on any atom is -0.468 e. The molecule has 1 atom stereocenters. The third-order valence-electron chi connectivity index (χ3n) is 4.37. The molecule has 1 amide bonds. The van der Waals surface area contributed by atoms with Gasteiger partial charge in [-0.1, -0.05) is 26.7 Å². The monoisotopic (exact) mass is 308 g/mol. The fraction of sp³-hybridized carbons (Fsp3) is 0.706. The van der Waals surface area contributed by atoms with E-state index in [1.165, 1.54) is 12.8 Å². The second-order valence-corrected chi connectivity index (χ2v) is 5.77. The normalized spacial score (nSPS) is 17.0. The molecule has 0 spiro atoms. The van der Waals surface area contributed by atoms with Crippen LogP contribution < -0.4 is 5.32 Å². The Morgan fingerprint density at radius 2 is 2.14 bits per heavy atom. The number of rotatable bonds is 9. The molecule has 1 aromatic heterocycles. The van der Waals surface area contributed by atoms with Gasteiger partial charge in [0.15, 0.2) is 0 Å². The molecule has 0 saturated heterocycles. The Morgan fingerprint density at radius 1 is 1.41 bits per heavy atom. The van der Waals surface area contributed by atoms with Crippen LogP contribution in [-0.2, 0) is 9.53 Å². The van der Waals surface area contributed by atoms with Crippen molar-refractivity contribution in [2.75, 3.05) is 26.2 Å². The van der Waals surface area contributed by atoms with Crippen LogP contribution >= 0.6 is 0 Å². The predicted molar refractivity (Wildman–Crippen MR) is 85.6 cm³/mol. The summed E-state index contributed by atoms with van der Waals surface area (Å²) in [5.41, 5.74) is 0. The average molecular weight is 308 g/mol. The van der Waals surface area contributed by atoms with Gasteiger partial charge >= 0.3 is 0 Å². The quantitative estimate of drug-likeness (QED) is 0.762. The molecule has 0 unspecified atom stereocenters. The van der Waals surface area contributed by atoms with Crippen LogP contribution in [0, 0.1) is 0 Å². The Morgan fingerprint density at radius 3 is 2.73 bits per heavy atom. The summed E-state index contributed by atoms with van der Waals surface area (Å²) in [5.74, 6) is 0.844. The number of likely N-dealkylation sites (N-methyl/N-ethyl adjacent to an activating group) is 1. The van der Waals surface area contributed by atoms with E-state index in [0.29, 0.717) is 6.54 Å². The molecule has 0 radical (unpaired) electrons. The van der Waals surface area contributed by atoms with Crippen molar-refractivity contribution >= 4 is 5.91 Å². The van der Waals surface area contributed by atoms with Gasteiger partial charge in [0, 0.05) is 6.54 Å². The van der Waals surface area contributed by atoms with Gasteiger partial charge in [-0.15, -0.1) is 0 Å². The molecule has 1 heterocycles. The molecule has 1 aliphatic carbocycles. The van der Waals surface area contributed by atoms with E-state index in [0.717, 1.165) is 31.7 Å². The Bertz CT molecular complexity index is 423. The molecule has 1 N–H and O–H groups in total. The van der Waals surface area contributed by atoms with Crippen LogP contribution in [-0.4, -0.2) is 43.2 Å². The smallest absolute Gasteiger partial charge is 0.246 e. The molecular weight excluding hydrogens is 280 g/mol. The maximum atomic E-state index is 12.0. The summed E-state index contributed by atoms with van der Waals surface area (Å²) >= 11 is 0. The van der Waals surface area contributed by atoms with Crippen LogP contribution in [0.25, 0.3) is 0 Å². The Balaban J connectivity index is 1.81. The van der Waals surface area contributed by atoms with E-state index in [2.05, 4.69) is 24.1 Å². The summed E-state index contributed by atoms with van der Waals surface area (Å²) in [7, 11) is 0. The van der Waals surface area contributed by atoms with Crippen molar-refractivity contribution in [3.63, 3.8) is 0 Å². The highest BCUT2D eigenvalue weighted by Gasteiger charge is 2.22. The largest absolute Gasteiger partial charge is 0.468 e. The van der Waals surface area contributed by atoms with Gasteiger partial charge in [-0.25, -0.2) is 0 Å². The van der Waals surface area contributed by atoms with Gasteiger partial charge in [-0.05, 0) is 38.1 Å². The van der Waals surface area contributed by atoms with Crippen molar-refractivity contribution in [1.29, 1.82) is 0 Å². The summed E-state index contributed by atoms with van der Waals surface area (Å²) in [6.07, 6.45) is 6.55. The zero-order chi connectivity index (χ0) is 15.8. The summed E-state index contributed by atoms with van der Waals surface area (Å²) in [4.78, 5) is 14.3. The Kier molecular flexibility index (Phi) is 6.93. The summed E-state index contributed by atoms with van der Waals surface area (Å²) in [5, 5.41) is 2.98. The zero-order valence-electron chi connectivity index (χ0n) is 13.7. The van der Waals surface area contributed by atoms with Crippen molar-refractivity contribution in [2.24, 2.45) is 0 Å². The highest BCUT2D eigenvalue weighted by molar-refractivity contribution is 5.77. The molecule has 1 fully saturated rings. The lowest BCUT2D eigenvalue weighted by molar-refractivity contribution is -0.127. The van der Waals surface area contributed by atoms with Gasteiger partial charge in [0.2, 0.25) is 5.91 Å². The number of carbonyl (C=O) groups excluding carboxylic acids is 1. The Hall–Kier alpha value is -1.33. The molecule has 0 aliphatic heterocycles. The molecule has 1 aliphatic rings. The molecule has 5 nitrogen and oxygen atoms in total. The van der Waals surface area contributed by atoms with E-state index in [-0.39, 0.29) is 24.7 Å². The first kappa shape index (κ1) is 17.0. The molecule has 2 rings (SSSR count). The standard InChI is InChI=1S/C17H28N2O3/c1-3-19(4-2)15(16-10-7-11-21-16)12-18-17(20)13-22-14-8-5-6-9-14/h7,10-11,14-15H,3-6,8-9,12-13H2,1-2H3,(H,18,20)/t15-/m1/s1. The number of ether oxygens (including phenoxy) is 1. The predicted octanol–water partition coefficient (Wildman–Crippen LogP) is 2.74. The van der Waals surface area contributed by atoms with Crippen molar-refractivity contribution in [2.45, 2.75) is 51.7 Å². The van der Waals surface area contributed by atoms with E-state index in [4.69, 9.17) is 9.15 Å². The van der Waals surface area contributed by atoms with E-state index in [1.807, 2.05) is 12.1 Å². The zero-order valence-corrected chi connectivity index (χ0v) is 13.7. The third kappa shape index (κ3) is 4.85. The second kappa shape index (κ2) is 8.96. The van der Waals surface area contributed by atoms with Gasteiger partial charge in [-0.3, -0.25) is 9.69 Å². The highest BCUT2D eigenvalue weighted by Crippen LogP contribution is 2.21. The van der Waals surface area contributed by atoms with Crippen LogP contribution in [0.1, 0.15) is 51.3 Å². The maximum Gasteiger partial charge on any atom is 0.246 e. The van der Waals surface area contributed by atoms with Crippen LogP contribution in [0.2, 0.25) is 0 Å². The number of nitrogens with one attached hydrogen (secondary N) is 1. The lowest BCUT2D eigenvalue weighted by atomic mass is 10.2. The fourth-order valence-corrected chi connectivity index (χ4v) is 3.06. The average Bonchev–Trinajstić information content (AvgIpc) is 3.22. The Labute approximate surface area is 133 Å². The molecule has 5 heteroatoms. The van der Waals surface area contributed by atoms with E-state index in [9.17, 15) is 4.79 Å².